The lowest BCUT2D eigenvalue weighted by atomic mass is 10.1. The molecule has 2 aliphatic rings. The lowest BCUT2D eigenvalue weighted by Gasteiger charge is -2.19. The first-order valence-corrected chi connectivity index (χ1v) is 10.1. The number of halogens is 3. The highest BCUT2D eigenvalue weighted by Gasteiger charge is 2.44. The van der Waals surface area contributed by atoms with Crippen LogP contribution in [0, 0.1) is 5.92 Å². The second-order valence-corrected chi connectivity index (χ2v) is 8.09. The molecule has 10 heteroatoms. The van der Waals surface area contributed by atoms with Crippen LogP contribution in [-0.4, -0.2) is 35.6 Å². The zero-order chi connectivity index (χ0) is 20.6. The van der Waals surface area contributed by atoms with Crippen molar-refractivity contribution in [3.8, 4) is 0 Å². The van der Waals surface area contributed by atoms with E-state index in [0.29, 0.717) is 11.1 Å². The van der Waals surface area contributed by atoms with Gasteiger partial charge in [0.15, 0.2) is 0 Å². The quantitative estimate of drug-likeness (QED) is 0.716. The molecule has 0 saturated heterocycles. The van der Waals surface area contributed by atoms with Crippen molar-refractivity contribution in [1.29, 1.82) is 0 Å². The van der Waals surface area contributed by atoms with E-state index in [0.717, 1.165) is 35.8 Å². The molecule has 2 saturated carbocycles. The van der Waals surface area contributed by atoms with Crippen LogP contribution in [0.15, 0.2) is 35.8 Å². The summed E-state index contributed by atoms with van der Waals surface area (Å²) in [5.41, 5.74) is 1.05. The van der Waals surface area contributed by atoms with E-state index < -0.39 is 18.1 Å². The fourth-order valence-corrected chi connectivity index (χ4v) is 3.65. The number of alkyl halides is 3. The van der Waals surface area contributed by atoms with Crippen molar-refractivity contribution < 1.29 is 27.6 Å². The van der Waals surface area contributed by atoms with E-state index in [1.54, 1.807) is 12.1 Å². The average Bonchev–Trinajstić information content (AvgIpc) is 3.60. The van der Waals surface area contributed by atoms with Gasteiger partial charge in [-0.2, -0.15) is 13.2 Å². The third kappa shape index (κ3) is 4.76. The number of hydrogen-bond donors (Lipinski definition) is 1. The Hall–Kier alpha value is -2.46. The number of thiazole rings is 1. The fraction of sp³-hybridized carbons (Fsp3) is 0.421. The van der Waals surface area contributed by atoms with Crippen molar-refractivity contribution in [3.05, 3.63) is 47.0 Å². The van der Waals surface area contributed by atoms with Gasteiger partial charge in [-0.3, -0.25) is 4.79 Å². The number of anilines is 1. The SMILES string of the molecule is O=C(c1cccc(C2CC2NCC2CC2)c1)N(OC(=O)C(F)(F)F)c1nccs1. The van der Waals surface area contributed by atoms with Crippen molar-refractivity contribution in [2.45, 2.75) is 37.4 Å². The van der Waals surface area contributed by atoms with Crippen LogP contribution in [0.5, 0.6) is 0 Å². The summed E-state index contributed by atoms with van der Waals surface area (Å²) in [5, 5.41) is 5.11. The second-order valence-electron chi connectivity index (χ2n) is 7.22. The maximum Gasteiger partial charge on any atom is 0.493 e. The first-order chi connectivity index (χ1) is 13.8. The number of carbonyl (C=O) groups is 2. The first kappa shape index (κ1) is 19.8. The van der Waals surface area contributed by atoms with Crippen molar-refractivity contribution in [3.63, 3.8) is 0 Å². The van der Waals surface area contributed by atoms with Gasteiger partial charge < -0.3 is 10.2 Å². The Kier molecular flexibility index (Phi) is 5.30. The van der Waals surface area contributed by atoms with Crippen LogP contribution >= 0.6 is 11.3 Å². The Balaban J connectivity index is 1.49. The molecule has 0 spiro atoms. The van der Waals surface area contributed by atoms with Crippen LogP contribution in [0.4, 0.5) is 18.3 Å². The maximum atomic E-state index is 12.8. The number of hydroxylamine groups is 1. The topological polar surface area (TPSA) is 71.5 Å². The molecular weight excluding hydrogens is 407 g/mol. The molecule has 154 valence electrons. The monoisotopic (exact) mass is 425 g/mol. The minimum atomic E-state index is -5.23. The van der Waals surface area contributed by atoms with Gasteiger partial charge in [0, 0.05) is 29.1 Å². The lowest BCUT2D eigenvalue weighted by molar-refractivity contribution is -0.199. The Labute approximate surface area is 168 Å². The largest absolute Gasteiger partial charge is 0.493 e. The molecule has 29 heavy (non-hydrogen) atoms. The standard InChI is InChI=1S/C19H18F3N3O3S/c20-19(21,22)17(27)28-25(18-23-6-7-29-18)16(26)13-3-1-2-12(8-13)14-9-15(14)24-10-11-4-5-11/h1-3,6-8,11,14-15,24H,4-5,9-10H2. The van der Waals surface area contributed by atoms with Gasteiger partial charge in [0.1, 0.15) is 0 Å². The predicted molar refractivity (Wildman–Crippen MR) is 99.4 cm³/mol. The molecule has 2 unspecified atom stereocenters. The van der Waals surface area contributed by atoms with Crippen LogP contribution in [-0.2, 0) is 9.63 Å². The van der Waals surface area contributed by atoms with Crippen molar-refractivity contribution >= 4 is 28.3 Å². The number of benzene rings is 1. The molecule has 1 aromatic carbocycles. The highest BCUT2D eigenvalue weighted by molar-refractivity contribution is 7.13. The summed E-state index contributed by atoms with van der Waals surface area (Å²) >= 11 is 0.884. The molecule has 0 bridgehead atoms. The molecule has 6 nitrogen and oxygen atoms in total. The van der Waals surface area contributed by atoms with Gasteiger partial charge in [0.25, 0.3) is 5.91 Å². The van der Waals surface area contributed by atoms with Crippen LogP contribution in [0.2, 0.25) is 0 Å². The molecule has 1 N–H and O–H groups in total. The summed E-state index contributed by atoms with van der Waals surface area (Å²) in [6.07, 6.45) is -0.455. The Morgan fingerprint density at radius 3 is 2.76 bits per heavy atom. The molecule has 2 fully saturated rings. The fourth-order valence-electron chi connectivity index (χ4n) is 3.07. The van der Waals surface area contributed by atoms with E-state index in [2.05, 4.69) is 15.1 Å². The lowest BCUT2D eigenvalue weighted by Crippen LogP contribution is -2.38. The molecule has 1 amide bonds. The normalized spacial score (nSPS) is 20.9. The van der Waals surface area contributed by atoms with E-state index in [1.807, 2.05) is 6.07 Å². The van der Waals surface area contributed by atoms with Crippen molar-refractivity contribution in [2.75, 3.05) is 11.6 Å². The molecule has 2 aromatic rings. The number of hydrogen-bond acceptors (Lipinski definition) is 6. The predicted octanol–water partition coefficient (Wildman–Crippen LogP) is 3.67. The number of amides is 1. The van der Waals surface area contributed by atoms with Gasteiger partial charge in [0.2, 0.25) is 5.13 Å². The van der Waals surface area contributed by atoms with E-state index in [4.69, 9.17) is 0 Å². The first-order valence-electron chi connectivity index (χ1n) is 9.19. The van der Waals surface area contributed by atoms with Crippen molar-refractivity contribution in [2.24, 2.45) is 5.92 Å². The van der Waals surface area contributed by atoms with E-state index in [9.17, 15) is 22.8 Å². The molecular formula is C19H18F3N3O3S. The second kappa shape index (κ2) is 7.75. The van der Waals surface area contributed by atoms with Crippen LogP contribution in [0.1, 0.15) is 41.1 Å². The van der Waals surface area contributed by atoms with E-state index in [1.165, 1.54) is 30.5 Å². The summed E-state index contributed by atoms with van der Waals surface area (Å²) in [5.74, 6) is -2.35. The van der Waals surface area contributed by atoms with E-state index in [-0.39, 0.29) is 16.6 Å². The van der Waals surface area contributed by atoms with Gasteiger partial charge >= 0.3 is 12.1 Å². The van der Waals surface area contributed by atoms with Crippen LogP contribution < -0.4 is 10.4 Å². The number of nitrogens with one attached hydrogen (secondary N) is 1. The zero-order valence-corrected chi connectivity index (χ0v) is 16.0. The Bertz CT molecular complexity index is 900. The summed E-state index contributed by atoms with van der Waals surface area (Å²) < 4.78 is 37.9. The molecule has 2 aliphatic carbocycles. The number of rotatable bonds is 6. The number of nitrogens with zero attached hydrogens (tertiary/aromatic N) is 2. The molecule has 2 atom stereocenters. The Morgan fingerprint density at radius 2 is 2.10 bits per heavy atom. The van der Waals surface area contributed by atoms with Gasteiger partial charge in [0.05, 0.1) is 0 Å². The number of aromatic nitrogens is 1. The van der Waals surface area contributed by atoms with Gasteiger partial charge in [-0.25, -0.2) is 9.78 Å². The van der Waals surface area contributed by atoms with Gasteiger partial charge in [-0.15, -0.1) is 16.4 Å². The smallest absolute Gasteiger partial charge is 0.322 e. The zero-order valence-electron chi connectivity index (χ0n) is 15.2. The molecule has 1 aromatic heterocycles. The third-order valence-electron chi connectivity index (χ3n) is 4.90. The highest BCUT2D eigenvalue weighted by atomic mass is 32.1. The van der Waals surface area contributed by atoms with Crippen molar-refractivity contribution in [1.82, 2.24) is 10.3 Å². The molecule has 0 radical (unpaired) electrons. The maximum absolute atomic E-state index is 12.8. The molecule has 1 heterocycles. The Morgan fingerprint density at radius 1 is 1.31 bits per heavy atom. The van der Waals surface area contributed by atoms with Gasteiger partial charge in [-0.1, -0.05) is 12.1 Å². The minimum absolute atomic E-state index is 0.125. The molecule has 4 rings (SSSR count). The van der Waals surface area contributed by atoms with Crippen LogP contribution in [0.25, 0.3) is 0 Å². The third-order valence-corrected chi connectivity index (χ3v) is 5.64. The summed E-state index contributed by atoms with van der Waals surface area (Å²) in [4.78, 5) is 32.3. The summed E-state index contributed by atoms with van der Waals surface area (Å²) in [6, 6.07) is 7.01. The summed E-state index contributed by atoms with van der Waals surface area (Å²) in [7, 11) is 0. The van der Waals surface area contributed by atoms with Crippen LogP contribution in [0.3, 0.4) is 0 Å². The minimum Gasteiger partial charge on any atom is -0.322 e. The number of carbonyl (C=O) groups excluding carboxylic acids is 2. The van der Waals surface area contributed by atoms with Gasteiger partial charge in [-0.05, 0) is 49.4 Å². The average molecular weight is 425 g/mol. The molecule has 0 aliphatic heterocycles. The highest BCUT2D eigenvalue weighted by Crippen LogP contribution is 2.42. The summed E-state index contributed by atoms with van der Waals surface area (Å²) in [6.45, 7) is 0.991. The van der Waals surface area contributed by atoms with E-state index >= 15 is 0 Å².